The lowest BCUT2D eigenvalue weighted by Gasteiger charge is -2.26. The highest BCUT2D eigenvalue weighted by Crippen LogP contribution is 2.14. The van der Waals surface area contributed by atoms with Crippen LogP contribution < -0.4 is 5.32 Å². The molecule has 106 valence electrons. The van der Waals surface area contributed by atoms with Gasteiger partial charge in [-0.1, -0.05) is 0 Å². The van der Waals surface area contributed by atoms with E-state index >= 15 is 0 Å². The highest BCUT2D eigenvalue weighted by atomic mass is 16.5. The first kappa shape index (κ1) is 12.9. The zero-order chi connectivity index (χ0) is 13.9. The molecule has 0 aromatic carbocycles. The zero-order valence-corrected chi connectivity index (χ0v) is 11.5. The van der Waals surface area contributed by atoms with Crippen LogP contribution in [0, 0.1) is 0 Å². The average molecular weight is 274 g/mol. The lowest BCUT2D eigenvalue weighted by Crippen LogP contribution is -2.42. The van der Waals surface area contributed by atoms with E-state index in [2.05, 4.69) is 10.3 Å². The number of amides is 2. The van der Waals surface area contributed by atoms with Crippen LogP contribution in [0.3, 0.4) is 0 Å². The van der Waals surface area contributed by atoms with E-state index in [0.717, 1.165) is 17.8 Å². The number of urea groups is 1. The second-order valence-electron chi connectivity index (χ2n) is 4.98. The number of ether oxygens (including phenoxy) is 1. The number of nitrogens with one attached hydrogen (secondary N) is 1. The quantitative estimate of drug-likeness (QED) is 0.865. The molecule has 1 aliphatic rings. The van der Waals surface area contributed by atoms with E-state index < -0.39 is 0 Å². The van der Waals surface area contributed by atoms with Gasteiger partial charge in [0.15, 0.2) is 0 Å². The predicted molar refractivity (Wildman–Crippen MR) is 75.8 cm³/mol. The molecule has 6 heteroatoms. The first-order valence-corrected chi connectivity index (χ1v) is 6.82. The number of anilines is 1. The molecule has 0 radical (unpaired) electrons. The second-order valence-corrected chi connectivity index (χ2v) is 4.98. The maximum atomic E-state index is 12.3. The van der Waals surface area contributed by atoms with Crippen molar-refractivity contribution in [3.63, 3.8) is 0 Å². The molecule has 6 nitrogen and oxygen atoms in total. The van der Waals surface area contributed by atoms with Crippen molar-refractivity contribution < 1.29 is 9.53 Å². The predicted octanol–water partition coefficient (Wildman–Crippen LogP) is 1.98. The van der Waals surface area contributed by atoms with Gasteiger partial charge in [0.25, 0.3) is 0 Å². The molecule has 0 spiro atoms. The van der Waals surface area contributed by atoms with E-state index in [-0.39, 0.29) is 12.1 Å². The minimum absolute atomic E-state index is 0.0811. The SMILES string of the molecule is CC1CCOCCN1C(=O)Nc1ccc2nccn2c1. The highest BCUT2D eigenvalue weighted by molar-refractivity contribution is 5.89. The van der Waals surface area contributed by atoms with E-state index in [1.807, 2.05) is 40.8 Å². The van der Waals surface area contributed by atoms with Crippen molar-refractivity contribution in [2.24, 2.45) is 0 Å². The molecule has 2 aromatic rings. The lowest BCUT2D eigenvalue weighted by molar-refractivity contribution is 0.143. The van der Waals surface area contributed by atoms with E-state index in [9.17, 15) is 4.79 Å². The summed E-state index contributed by atoms with van der Waals surface area (Å²) in [6.07, 6.45) is 6.32. The number of hydrogen-bond donors (Lipinski definition) is 1. The van der Waals surface area contributed by atoms with E-state index in [0.29, 0.717) is 19.8 Å². The van der Waals surface area contributed by atoms with Gasteiger partial charge in [-0.2, -0.15) is 0 Å². The van der Waals surface area contributed by atoms with Gasteiger partial charge in [0.1, 0.15) is 5.65 Å². The normalized spacial score (nSPS) is 19.9. The summed E-state index contributed by atoms with van der Waals surface area (Å²) < 4.78 is 7.29. The minimum Gasteiger partial charge on any atom is -0.380 e. The van der Waals surface area contributed by atoms with Crippen LogP contribution in [0.2, 0.25) is 0 Å². The Labute approximate surface area is 117 Å². The fourth-order valence-electron chi connectivity index (χ4n) is 2.39. The second kappa shape index (κ2) is 5.50. The van der Waals surface area contributed by atoms with Gasteiger partial charge >= 0.3 is 6.03 Å². The highest BCUT2D eigenvalue weighted by Gasteiger charge is 2.22. The number of imidazole rings is 1. The lowest BCUT2D eigenvalue weighted by atomic mass is 10.2. The Morgan fingerprint density at radius 2 is 2.35 bits per heavy atom. The van der Waals surface area contributed by atoms with Gasteiger partial charge in [0, 0.05) is 37.8 Å². The fourth-order valence-corrected chi connectivity index (χ4v) is 2.39. The Bertz CT molecular complexity index is 610. The number of nitrogens with zero attached hydrogens (tertiary/aromatic N) is 3. The summed E-state index contributed by atoms with van der Waals surface area (Å²) in [5, 5.41) is 2.93. The smallest absolute Gasteiger partial charge is 0.322 e. The molecular formula is C14H18N4O2. The van der Waals surface area contributed by atoms with Crippen molar-refractivity contribution in [3.8, 4) is 0 Å². The van der Waals surface area contributed by atoms with Gasteiger partial charge in [-0.05, 0) is 25.5 Å². The molecule has 1 fully saturated rings. The van der Waals surface area contributed by atoms with Gasteiger partial charge in [-0.25, -0.2) is 9.78 Å². The molecule has 1 atom stereocenters. The molecule has 0 bridgehead atoms. The monoisotopic (exact) mass is 274 g/mol. The first-order valence-electron chi connectivity index (χ1n) is 6.82. The summed E-state index contributed by atoms with van der Waals surface area (Å²) in [6.45, 7) is 3.98. The third-order valence-corrected chi connectivity index (χ3v) is 3.59. The molecule has 3 heterocycles. The van der Waals surface area contributed by atoms with Gasteiger partial charge in [0.2, 0.25) is 0 Å². The van der Waals surface area contributed by atoms with Crippen LogP contribution in [0.5, 0.6) is 0 Å². The van der Waals surface area contributed by atoms with Crippen molar-refractivity contribution in [2.45, 2.75) is 19.4 Å². The van der Waals surface area contributed by atoms with Crippen LogP contribution >= 0.6 is 0 Å². The standard InChI is InChI=1S/C14H18N4O2/c1-11-4-8-20-9-7-18(11)14(19)16-12-2-3-13-15-5-6-17(13)10-12/h2-3,5-6,10-11H,4,7-9H2,1H3,(H,16,19). The molecule has 1 saturated heterocycles. The van der Waals surface area contributed by atoms with Crippen molar-refractivity contribution >= 4 is 17.4 Å². The molecule has 0 aliphatic carbocycles. The molecule has 2 amide bonds. The number of fused-ring (bicyclic) bond motifs is 1. The van der Waals surface area contributed by atoms with Crippen LogP contribution in [-0.4, -0.2) is 46.1 Å². The van der Waals surface area contributed by atoms with Gasteiger partial charge < -0.3 is 19.4 Å². The van der Waals surface area contributed by atoms with Gasteiger partial charge in [-0.3, -0.25) is 0 Å². The number of carbonyl (C=O) groups excluding carboxylic acids is 1. The van der Waals surface area contributed by atoms with E-state index in [4.69, 9.17) is 4.74 Å². The molecule has 1 N–H and O–H groups in total. The Kier molecular flexibility index (Phi) is 3.56. The van der Waals surface area contributed by atoms with Crippen LogP contribution in [0.25, 0.3) is 5.65 Å². The summed E-state index contributed by atoms with van der Waals surface area (Å²) in [5.41, 5.74) is 1.62. The number of carbonyl (C=O) groups is 1. The van der Waals surface area contributed by atoms with Crippen molar-refractivity contribution in [1.82, 2.24) is 14.3 Å². The summed E-state index contributed by atoms with van der Waals surface area (Å²) in [5.74, 6) is 0. The summed E-state index contributed by atoms with van der Waals surface area (Å²) in [7, 11) is 0. The Hall–Kier alpha value is -2.08. The van der Waals surface area contributed by atoms with Crippen LogP contribution in [0.1, 0.15) is 13.3 Å². The maximum Gasteiger partial charge on any atom is 0.322 e. The van der Waals surface area contributed by atoms with Gasteiger partial charge in [0.05, 0.1) is 12.3 Å². The minimum atomic E-state index is -0.0811. The van der Waals surface area contributed by atoms with Crippen LogP contribution in [-0.2, 0) is 4.74 Å². The van der Waals surface area contributed by atoms with Gasteiger partial charge in [-0.15, -0.1) is 0 Å². The van der Waals surface area contributed by atoms with E-state index in [1.165, 1.54) is 0 Å². The molecular weight excluding hydrogens is 256 g/mol. The number of aromatic nitrogens is 2. The van der Waals surface area contributed by atoms with Crippen LogP contribution in [0.15, 0.2) is 30.7 Å². The maximum absolute atomic E-state index is 12.3. The van der Waals surface area contributed by atoms with Crippen molar-refractivity contribution in [1.29, 1.82) is 0 Å². The topological polar surface area (TPSA) is 58.9 Å². The summed E-state index contributed by atoms with van der Waals surface area (Å²) in [6, 6.07) is 3.85. The van der Waals surface area contributed by atoms with Crippen LogP contribution in [0.4, 0.5) is 10.5 Å². The third-order valence-electron chi connectivity index (χ3n) is 3.59. The molecule has 0 saturated carbocycles. The molecule has 20 heavy (non-hydrogen) atoms. The largest absolute Gasteiger partial charge is 0.380 e. The molecule has 3 rings (SSSR count). The van der Waals surface area contributed by atoms with E-state index in [1.54, 1.807) is 6.20 Å². The Balaban J connectivity index is 1.73. The molecule has 1 unspecified atom stereocenters. The Morgan fingerprint density at radius 3 is 3.25 bits per heavy atom. The molecule has 1 aliphatic heterocycles. The van der Waals surface area contributed by atoms with Crippen molar-refractivity contribution in [2.75, 3.05) is 25.1 Å². The average Bonchev–Trinajstić information content (AvgIpc) is 2.79. The van der Waals surface area contributed by atoms with Crippen molar-refractivity contribution in [3.05, 3.63) is 30.7 Å². The number of hydrogen-bond acceptors (Lipinski definition) is 3. The number of rotatable bonds is 1. The first-order chi connectivity index (χ1) is 9.74. The third kappa shape index (κ3) is 2.60. The zero-order valence-electron chi connectivity index (χ0n) is 11.5. The Morgan fingerprint density at radius 1 is 1.45 bits per heavy atom. The summed E-state index contributed by atoms with van der Waals surface area (Å²) in [4.78, 5) is 18.3. The fraction of sp³-hybridized carbons (Fsp3) is 0.429. The number of pyridine rings is 1. The molecule has 2 aromatic heterocycles. The summed E-state index contributed by atoms with van der Waals surface area (Å²) >= 11 is 0.